The van der Waals surface area contributed by atoms with Crippen molar-refractivity contribution in [3.05, 3.63) is 96.8 Å². The van der Waals surface area contributed by atoms with E-state index in [4.69, 9.17) is 14.2 Å². The second-order valence-electron chi connectivity index (χ2n) is 12.3. The molecule has 4 heterocycles. The minimum Gasteiger partial charge on any atom is -0.493 e. The van der Waals surface area contributed by atoms with Crippen molar-refractivity contribution in [2.24, 2.45) is 0 Å². The predicted molar refractivity (Wildman–Crippen MR) is 193 cm³/mol. The first kappa shape index (κ1) is 36.1. The number of anilines is 2. The zero-order valence-electron chi connectivity index (χ0n) is 29.0. The number of para-hydroxylation sites is 2. The summed E-state index contributed by atoms with van der Waals surface area (Å²) in [6, 6.07) is 21.2. The number of hydrogen-bond acceptors (Lipinski definition) is 13. The van der Waals surface area contributed by atoms with E-state index in [9.17, 15) is 18.3 Å². The molecule has 1 amide bonds. The van der Waals surface area contributed by atoms with Crippen LogP contribution in [-0.2, 0) is 15.4 Å². The highest BCUT2D eigenvalue weighted by molar-refractivity contribution is 7.92. The monoisotopic (exact) mass is 738 g/mol. The molecule has 6 aromatic rings. The van der Waals surface area contributed by atoms with Crippen LogP contribution in [0.4, 0.5) is 16.4 Å². The van der Waals surface area contributed by atoms with E-state index in [0.717, 1.165) is 10.5 Å². The van der Waals surface area contributed by atoms with E-state index in [1.807, 2.05) is 20.8 Å². The van der Waals surface area contributed by atoms with Crippen LogP contribution in [0.25, 0.3) is 22.9 Å². The molecule has 0 bridgehead atoms. The molecule has 0 fully saturated rings. The molecule has 2 aromatic carbocycles. The van der Waals surface area contributed by atoms with E-state index in [1.165, 1.54) is 31.6 Å². The maximum absolute atomic E-state index is 14.0. The first-order valence-electron chi connectivity index (χ1n) is 16.0. The SMILES string of the molecule is COc1ccccc1Oc1c(NS(=O)(=O)c2ccc(C(C)(C)C)cc2)nc(-c2ccnc(-c3nn[nH]n3)c2)nc1OCCN(C(=O)O)c1ccccn1. The predicted octanol–water partition coefficient (Wildman–Crippen LogP) is 5.58. The van der Waals surface area contributed by atoms with Crippen molar-refractivity contribution in [2.45, 2.75) is 31.1 Å². The summed E-state index contributed by atoms with van der Waals surface area (Å²) < 4.78 is 48.4. The summed E-state index contributed by atoms with van der Waals surface area (Å²) in [4.78, 5) is 30.8. The number of rotatable bonds is 13. The third-order valence-electron chi connectivity index (χ3n) is 7.68. The lowest BCUT2D eigenvalue weighted by atomic mass is 9.87. The molecule has 0 aliphatic rings. The number of hydrogen-bond donors (Lipinski definition) is 3. The lowest BCUT2D eigenvalue weighted by Gasteiger charge is -2.21. The Hall–Kier alpha value is -6.69. The molecule has 0 aliphatic carbocycles. The van der Waals surface area contributed by atoms with Crippen molar-refractivity contribution in [1.29, 1.82) is 0 Å². The Morgan fingerprint density at radius 2 is 1.68 bits per heavy atom. The fourth-order valence-electron chi connectivity index (χ4n) is 4.97. The number of sulfonamides is 1. The molecule has 272 valence electrons. The van der Waals surface area contributed by atoms with Gasteiger partial charge in [0.2, 0.25) is 11.6 Å². The summed E-state index contributed by atoms with van der Waals surface area (Å²) in [5, 5.41) is 23.8. The van der Waals surface area contributed by atoms with E-state index in [1.54, 1.807) is 66.7 Å². The van der Waals surface area contributed by atoms with Crippen molar-refractivity contribution in [2.75, 3.05) is 29.9 Å². The second kappa shape index (κ2) is 15.3. The molecule has 3 N–H and O–H groups in total. The molecule has 17 nitrogen and oxygen atoms in total. The zero-order valence-corrected chi connectivity index (χ0v) is 29.8. The topological polar surface area (TPSA) is 220 Å². The summed E-state index contributed by atoms with van der Waals surface area (Å²) >= 11 is 0. The summed E-state index contributed by atoms with van der Waals surface area (Å²) in [5.74, 6) is 0.159. The fraction of sp³-hybridized carbons (Fsp3) is 0.200. The van der Waals surface area contributed by atoms with Gasteiger partial charge in [0.05, 0.1) is 18.6 Å². The highest BCUT2D eigenvalue weighted by atomic mass is 32.2. The summed E-state index contributed by atoms with van der Waals surface area (Å²) in [6.45, 7) is 5.63. The van der Waals surface area contributed by atoms with E-state index in [-0.39, 0.29) is 64.1 Å². The number of aromatic amines is 1. The number of aromatic nitrogens is 8. The third-order valence-corrected chi connectivity index (χ3v) is 9.04. The van der Waals surface area contributed by atoms with Gasteiger partial charge in [0.1, 0.15) is 18.1 Å². The van der Waals surface area contributed by atoms with Crippen LogP contribution in [-0.4, -0.2) is 80.4 Å². The van der Waals surface area contributed by atoms with E-state index in [2.05, 4.69) is 45.3 Å². The minimum atomic E-state index is -4.29. The Morgan fingerprint density at radius 1 is 0.925 bits per heavy atom. The van der Waals surface area contributed by atoms with Gasteiger partial charge < -0.3 is 19.3 Å². The van der Waals surface area contributed by atoms with Gasteiger partial charge >= 0.3 is 6.09 Å². The lowest BCUT2D eigenvalue weighted by Crippen LogP contribution is -2.34. The van der Waals surface area contributed by atoms with Crippen molar-refractivity contribution in [3.8, 4) is 46.0 Å². The number of tetrazole rings is 1. The summed E-state index contributed by atoms with van der Waals surface area (Å²) in [5.41, 5.74) is 1.43. The molecule has 0 saturated carbocycles. The van der Waals surface area contributed by atoms with Crippen LogP contribution in [0.1, 0.15) is 26.3 Å². The number of methoxy groups -OCH3 is 1. The Bertz CT molecular complexity index is 2300. The average Bonchev–Trinajstić information content (AvgIpc) is 3.70. The molecule has 0 radical (unpaired) electrons. The standard InChI is InChI=1S/C35H34N10O7S/c1-35(2,3)23-12-14-24(15-13-23)53(48,49)42-32-29(52-27-10-6-5-9-26(27)50-4)33(51-20-19-45(34(46)47)28-11-7-8-17-37-28)39-30(38-32)22-16-18-36-25(21-22)31-40-43-44-41-31/h5-18,21H,19-20H2,1-4H3,(H,46,47)(H,38,39,42)(H,40,41,43,44). The van der Waals surface area contributed by atoms with Gasteiger partial charge in [-0.1, -0.05) is 51.1 Å². The van der Waals surface area contributed by atoms with E-state index in [0.29, 0.717) is 17.0 Å². The molecule has 0 atom stereocenters. The highest BCUT2D eigenvalue weighted by Crippen LogP contribution is 2.42. The first-order chi connectivity index (χ1) is 25.4. The molecule has 0 unspecified atom stereocenters. The first-order valence-corrected chi connectivity index (χ1v) is 17.5. The number of amides is 1. The van der Waals surface area contributed by atoms with Gasteiger partial charge in [0.25, 0.3) is 15.9 Å². The maximum Gasteiger partial charge on any atom is 0.413 e. The number of nitrogens with one attached hydrogen (secondary N) is 2. The van der Waals surface area contributed by atoms with Crippen molar-refractivity contribution in [3.63, 3.8) is 0 Å². The van der Waals surface area contributed by atoms with Gasteiger partial charge in [-0.2, -0.15) is 10.2 Å². The number of H-pyrrole nitrogens is 1. The van der Waals surface area contributed by atoms with Crippen molar-refractivity contribution < 1.29 is 32.5 Å². The Labute approximate surface area is 304 Å². The van der Waals surface area contributed by atoms with Gasteiger partial charge in [-0.15, -0.1) is 10.2 Å². The Kier molecular flexibility index (Phi) is 10.4. The zero-order chi connectivity index (χ0) is 37.6. The van der Waals surface area contributed by atoms with Crippen LogP contribution in [0.5, 0.6) is 23.1 Å². The van der Waals surface area contributed by atoms with Gasteiger partial charge in [0, 0.05) is 18.0 Å². The van der Waals surface area contributed by atoms with Crippen LogP contribution in [0, 0.1) is 0 Å². The quantitative estimate of drug-likeness (QED) is 0.132. The number of pyridine rings is 2. The lowest BCUT2D eigenvalue weighted by molar-refractivity contribution is 0.198. The van der Waals surface area contributed by atoms with Gasteiger partial charge in [0.15, 0.2) is 23.1 Å². The van der Waals surface area contributed by atoms with Gasteiger partial charge in [-0.25, -0.2) is 23.2 Å². The fourth-order valence-corrected chi connectivity index (χ4v) is 5.97. The molecule has 53 heavy (non-hydrogen) atoms. The number of carbonyl (C=O) groups is 1. The number of ether oxygens (including phenoxy) is 3. The van der Waals surface area contributed by atoms with E-state index >= 15 is 0 Å². The average molecular weight is 739 g/mol. The summed E-state index contributed by atoms with van der Waals surface area (Å²) in [7, 11) is -2.84. The molecule has 18 heteroatoms. The second-order valence-corrected chi connectivity index (χ2v) is 14.0. The number of nitrogens with zero attached hydrogens (tertiary/aromatic N) is 8. The van der Waals surface area contributed by atoms with Crippen LogP contribution >= 0.6 is 0 Å². The van der Waals surface area contributed by atoms with E-state index < -0.39 is 16.1 Å². The van der Waals surface area contributed by atoms with Crippen molar-refractivity contribution in [1.82, 2.24) is 40.6 Å². The number of benzene rings is 2. The molecule has 0 saturated heterocycles. The number of carboxylic acid groups (broad SMARTS) is 1. The smallest absolute Gasteiger partial charge is 0.413 e. The van der Waals surface area contributed by atoms with Crippen LogP contribution in [0.3, 0.4) is 0 Å². The molecule has 0 aliphatic heterocycles. The largest absolute Gasteiger partial charge is 0.493 e. The molecular weight excluding hydrogens is 705 g/mol. The molecular formula is C35H34N10O7S. The molecule has 6 rings (SSSR count). The van der Waals surface area contributed by atoms with Crippen LogP contribution in [0.15, 0.2) is 96.2 Å². The Balaban J connectivity index is 1.47. The molecule has 0 spiro atoms. The minimum absolute atomic E-state index is 0.000110. The van der Waals surface area contributed by atoms with Crippen LogP contribution < -0.4 is 23.8 Å². The van der Waals surface area contributed by atoms with Crippen molar-refractivity contribution >= 4 is 27.8 Å². The van der Waals surface area contributed by atoms with Gasteiger partial charge in [-0.3, -0.25) is 14.6 Å². The maximum atomic E-state index is 14.0. The summed E-state index contributed by atoms with van der Waals surface area (Å²) in [6.07, 6.45) is 1.68. The normalized spacial score (nSPS) is 11.5. The van der Waals surface area contributed by atoms with Crippen LogP contribution in [0.2, 0.25) is 0 Å². The van der Waals surface area contributed by atoms with Gasteiger partial charge in [-0.05, 0) is 64.7 Å². The highest BCUT2D eigenvalue weighted by Gasteiger charge is 2.27. The Morgan fingerprint density at radius 3 is 2.34 bits per heavy atom. The third kappa shape index (κ3) is 8.45. The molecule has 4 aromatic heterocycles.